The molecule has 0 bridgehead atoms. The van der Waals surface area contributed by atoms with Gasteiger partial charge < -0.3 is 15.5 Å². The van der Waals surface area contributed by atoms with E-state index in [2.05, 4.69) is 35.7 Å². The molecular weight excluding hydrogens is 284 g/mol. The smallest absolute Gasteiger partial charge is 0.225 e. The zero-order chi connectivity index (χ0) is 16.0. The van der Waals surface area contributed by atoms with E-state index in [1.165, 1.54) is 0 Å². The molecule has 0 saturated carbocycles. The average molecular weight is 314 g/mol. The van der Waals surface area contributed by atoms with Gasteiger partial charge >= 0.3 is 0 Å². The Balaban J connectivity index is 2.44. The van der Waals surface area contributed by atoms with Gasteiger partial charge in [0.1, 0.15) is 0 Å². The van der Waals surface area contributed by atoms with Crippen molar-refractivity contribution in [2.75, 3.05) is 32.9 Å². The summed E-state index contributed by atoms with van der Waals surface area (Å²) in [4.78, 5) is 18.2. The van der Waals surface area contributed by atoms with E-state index in [-0.39, 0.29) is 22.6 Å². The number of thioether (sulfide) groups is 1. The molecule has 122 valence electrons. The SMILES string of the molecule is CN=C(NCC(C)(C)SC)NC1CCN(C(=O)C(C)C)C1. The Kier molecular flexibility index (Phi) is 6.84. The number of carbonyl (C=O) groups excluding carboxylic acids is 1. The highest BCUT2D eigenvalue weighted by Gasteiger charge is 2.28. The first kappa shape index (κ1) is 18.1. The van der Waals surface area contributed by atoms with Crippen molar-refractivity contribution in [1.82, 2.24) is 15.5 Å². The van der Waals surface area contributed by atoms with E-state index in [1.54, 1.807) is 7.05 Å². The summed E-state index contributed by atoms with van der Waals surface area (Å²) in [6, 6.07) is 0.288. The lowest BCUT2D eigenvalue weighted by Gasteiger charge is -2.25. The molecule has 1 unspecified atom stereocenters. The Labute approximate surface area is 133 Å². The fourth-order valence-electron chi connectivity index (χ4n) is 2.20. The Hall–Kier alpha value is -0.910. The highest BCUT2D eigenvalue weighted by molar-refractivity contribution is 7.99. The lowest BCUT2D eigenvalue weighted by molar-refractivity contribution is -0.133. The van der Waals surface area contributed by atoms with Crippen LogP contribution in [0.4, 0.5) is 0 Å². The van der Waals surface area contributed by atoms with E-state index in [0.717, 1.165) is 32.0 Å². The second-order valence-corrected chi connectivity index (χ2v) is 7.97. The van der Waals surface area contributed by atoms with Crippen LogP contribution in [0.2, 0.25) is 0 Å². The number of carbonyl (C=O) groups is 1. The van der Waals surface area contributed by atoms with Crippen molar-refractivity contribution in [3.63, 3.8) is 0 Å². The van der Waals surface area contributed by atoms with Gasteiger partial charge in [-0.25, -0.2) is 0 Å². The summed E-state index contributed by atoms with van der Waals surface area (Å²) in [6.45, 7) is 10.8. The van der Waals surface area contributed by atoms with Crippen LogP contribution in [0.5, 0.6) is 0 Å². The summed E-state index contributed by atoms with van der Waals surface area (Å²) in [5, 5.41) is 6.79. The standard InChI is InChI=1S/C15H30N4OS/c1-11(2)13(20)19-8-7-12(9-19)18-14(16-5)17-10-15(3,4)21-6/h11-12H,7-10H2,1-6H3,(H2,16,17,18). The summed E-state index contributed by atoms with van der Waals surface area (Å²) < 4.78 is 0.174. The van der Waals surface area contributed by atoms with Crippen molar-refractivity contribution >= 4 is 23.6 Å². The number of nitrogens with one attached hydrogen (secondary N) is 2. The molecule has 1 saturated heterocycles. The molecule has 21 heavy (non-hydrogen) atoms. The van der Waals surface area contributed by atoms with Crippen molar-refractivity contribution in [2.24, 2.45) is 10.9 Å². The Morgan fingerprint density at radius 2 is 2.14 bits per heavy atom. The number of aliphatic imine (C=N–C) groups is 1. The van der Waals surface area contributed by atoms with Crippen molar-refractivity contribution in [2.45, 2.75) is 44.9 Å². The quantitative estimate of drug-likeness (QED) is 0.597. The topological polar surface area (TPSA) is 56.7 Å². The van der Waals surface area contributed by atoms with Gasteiger partial charge in [-0.3, -0.25) is 9.79 Å². The summed E-state index contributed by atoms with van der Waals surface area (Å²) in [7, 11) is 1.79. The lowest BCUT2D eigenvalue weighted by Crippen LogP contribution is -2.48. The van der Waals surface area contributed by atoms with Crippen molar-refractivity contribution < 1.29 is 4.79 Å². The van der Waals surface area contributed by atoms with Gasteiger partial charge in [0.25, 0.3) is 0 Å². The summed E-state index contributed by atoms with van der Waals surface area (Å²) in [5.41, 5.74) is 0. The van der Waals surface area contributed by atoms with Gasteiger partial charge in [-0.15, -0.1) is 0 Å². The minimum atomic E-state index is 0.0727. The molecule has 6 heteroatoms. The fraction of sp³-hybridized carbons (Fsp3) is 0.867. The molecule has 1 amide bonds. The number of hydrogen-bond acceptors (Lipinski definition) is 3. The minimum Gasteiger partial charge on any atom is -0.355 e. The maximum atomic E-state index is 12.0. The number of hydrogen-bond donors (Lipinski definition) is 2. The average Bonchev–Trinajstić information content (AvgIpc) is 2.90. The third-order valence-corrected chi connectivity index (χ3v) is 5.04. The number of amides is 1. The Bertz CT molecular complexity index is 382. The van der Waals surface area contributed by atoms with E-state index in [4.69, 9.17) is 0 Å². The maximum absolute atomic E-state index is 12.0. The highest BCUT2D eigenvalue weighted by atomic mass is 32.2. The molecule has 0 aromatic carbocycles. The predicted molar refractivity (Wildman–Crippen MR) is 91.9 cm³/mol. The van der Waals surface area contributed by atoms with Crippen LogP contribution < -0.4 is 10.6 Å². The largest absolute Gasteiger partial charge is 0.355 e. The Morgan fingerprint density at radius 1 is 1.48 bits per heavy atom. The molecule has 1 fully saturated rings. The molecule has 1 heterocycles. The molecule has 0 aromatic rings. The van der Waals surface area contributed by atoms with Crippen molar-refractivity contribution in [3.05, 3.63) is 0 Å². The lowest BCUT2D eigenvalue weighted by atomic mass is 10.2. The first-order valence-electron chi connectivity index (χ1n) is 7.60. The fourth-order valence-corrected chi connectivity index (χ4v) is 2.42. The molecule has 1 atom stereocenters. The van der Waals surface area contributed by atoms with Crippen molar-refractivity contribution in [3.8, 4) is 0 Å². The van der Waals surface area contributed by atoms with Gasteiger partial charge in [0.15, 0.2) is 5.96 Å². The molecule has 0 radical (unpaired) electrons. The molecule has 1 rings (SSSR count). The van der Waals surface area contributed by atoms with Crippen LogP contribution in [-0.2, 0) is 4.79 Å². The molecule has 1 aliphatic rings. The van der Waals surface area contributed by atoms with E-state index < -0.39 is 0 Å². The molecule has 0 aliphatic carbocycles. The number of rotatable bonds is 5. The number of likely N-dealkylation sites (tertiary alicyclic amines) is 1. The van der Waals surface area contributed by atoms with Crippen LogP contribution in [0, 0.1) is 5.92 Å². The van der Waals surface area contributed by atoms with Gasteiger partial charge in [0.05, 0.1) is 0 Å². The third-order valence-electron chi connectivity index (χ3n) is 3.79. The van der Waals surface area contributed by atoms with Gasteiger partial charge in [0, 0.05) is 43.4 Å². The van der Waals surface area contributed by atoms with Gasteiger partial charge in [-0.1, -0.05) is 13.8 Å². The van der Waals surface area contributed by atoms with Crippen molar-refractivity contribution in [1.29, 1.82) is 0 Å². The van der Waals surface area contributed by atoms with E-state index >= 15 is 0 Å². The first-order valence-corrected chi connectivity index (χ1v) is 8.82. The number of nitrogens with zero attached hydrogens (tertiary/aromatic N) is 2. The van der Waals surface area contributed by atoms with Crippen LogP contribution in [0.1, 0.15) is 34.1 Å². The molecule has 5 nitrogen and oxygen atoms in total. The first-order chi connectivity index (χ1) is 9.79. The second-order valence-electron chi connectivity index (χ2n) is 6.46. The third kappa shape index (κ3) is 5.77. The second kappa shape index (κ2) is 7.92. The van der Waals surface area contributed by atoms with Gasteiger partial charge in [-0.05, 0) is 26.5 Å². The zero-order valence-electron chi connectivity index (χ0n) is 14.2. The normalized spacial score (nSPS) is 20.0. The van der Waals surface area contributed by atoms with Crippen LogP contribution in [0.3, 0.4) is 0 Å². The van der Waals surface area contributed by atoms with Crippen LogP contribution >= 0.6 is 11.8 Å². The highest BCUT2D eigenvalue weighted by Crippen LogP contribution is 2.19. The monoisotopic (exact) mass is 314 g/mol. The molecule has 0 spiro atoms. The number of guanidine groups is 1. The summed E-state index contributed by atoms with van der Waals surface area (Å²) >= 11 is 1.83. The van der Waals surface area contributed by atoms with Gasteiger partial charge in [0.2, 0.25) is 5.91 Å². The maximum Gasteiger partial charge on any atom is 0.225 e. The molecule has 0 aromatic heterocycles. The summed E-state index contributed by atoms with van der Waals surface area (Å²) in [5.74, 6) is 1.13. The molecular formula is C15H30N4OS. The van der Waals surface area contributed by atoms with Crippen LogP contribution in [0.15, 0.2) is 4.99 Å². The van der Waals surface area contributed by atoms with Crippen LogP contribution in [0.25, 0.3) is 0 Å². The predicted octanol–water partition coefficient (Wildman–Crippen LogP) is 1.55. The van der Waals surface area contributed by atoms with E-state index in [0.29, 0.717) is 0 Å². The van der Waals surface area contributed by atoms with E-state index in [9.17, 15) is 4.79 Å². The Morgan fingerprint density at radius 3 is 2.67 bits per heavy atom. The summed E-state index contributed by atoms with van der Waals surface area (Å²) in [6.07, 6.45) is 3.09. The van der Waals surface area contributed by atoms with E-state index in [1.807, 2.05) is 30.5 Å². The zero-order valence-corrected chi connectivity index (χ0v) is 15.0. The molecule has 2 N–H and O–H groups in total. The molecule has 1 aliphatic heterocycles. The van der Waals surface area contributed by atoms with Gasteiger partial charge in [-0.2, -0.15) is 11.8 Å². The van der Waals surface area contributed by atoms with Crippen LogP contribution in [-0.4, -0.2) is 60.5 Å². The minimum absolute atomic E-state index is 0.0727.